The van der Waals surface area contributed by atoms with E-state index in [1.165, 1.54) is 103 Å². The van der Waals surface area contributed by atoms with E-state index in [-0.39, 0.29) is 11.8 Å². The lowest BCUT2D eigenvalue weighted by molar-refractivity contribution is 0.0735. The van der Waals surface area contributed by atoms with Crippen molar-refractivity contribution in [3.8, 4) is 11.4 Å². The Hall–Kier alpha value is -2.76. The topological polar surface area (TPSA) is 66.4 Å². The third-order valence-electron chi connectivity index (χ3n) is 9.90. The number of aromatic nitrogens is 2. The molecule has 2 aromatic heterocycles. The first kappa shape index (κ1) is 43.4. The van der Waals surface area contributed by atoms with Gasteiger partial charge in [0, 0.05) is 26.2 Å². The molecular weight excluding hydrogens is 617 g/mol. The van der Waals surface area contributed by atoms with Crippen LogP contribution in [0, 0.1) is 0 Å². The van der Waals surface area contributed by atoms with Crippen LogP contribution in [-0.2, 0) is 0 Å². The van der Waals surface area contributed by atoms with Crippen LogP contribution in [0.2, 0.25) is 0 Å². The second kappa shape index (κ2) is 28.9. The van der Waals surface area contributed by atoms with Crippen molar-refractivity contribution in [3.05, 3.63) is 47.8 Å². The Morgan fingerprint density at radius 2 is 0.660 bits per heavy atom. The predicted molar refractivity (Wildman–Crippen MR) is 213 cm³/mol. The number of rotatable bonds is 31. The van der Waals surface area contributed by atoms with Gasteiger partial charge in [-0.3, -0.25) is 9.59 Å². The summed E-state index contributed by atoms with van der Waals surface area (Å²) >= 11 is 0. The van der Waals surface area contributed by atoms with Gasteiger partial charge in [0.2, 0.25) is 0 Å². The van der Waals surface area contributed by atoms with Gasteiger partial charge in [-0.25, -0.2) is 9.97 Å². The van der Waals surface area contributed by atoms with Gasteiger partial charge in [0.15, 0.2) is 0 Å². The van der Waals surface area contributed by atoms with Crippen molar-refractivity contribution in [2.75, 3.05) is 26.2 Å². The van der Waals surface area contributed by atoms with Crippen LogP contribution >= 0.6 is 0 Å². The molecule has 0 saturated heterocycles. The van der Waals surface area contributed by atoms with Gasteiger partial charge in [-0.2, -0.15) is 0 Å². The lowest BCUT2D eigenvalue weighted by Gasteiger charge is -2.23. The number of unbranched alkanes of at least 4 members (excludes halogenated alkanes) is 20. The second-order valence-electron chi connectivity index (χ2n) is 14.5. The Bertz CT molecular complexity index is 1030. The van der Waals surface area contributed by atoms with Crippen molar-refractivity contribution in [2.24, 2.45) is 0 Å². The van der Waals surface area contributed by atoms with Gasteiger partial charge < -0.3 is 9.80 Å². The molecule has 0 fully saturated rings. The van der Waals surface area contributed by atoms with E-state index in [4.69, 9.17) is 9.97 Å². The Balaban J connectivity index is 2.14. The smallest absolute Gasteiger partial charge is 0.272 e. The fraction of sp³-hybridized carbons (Fsp3) is 0.727. The van der Waals surface area contributed by atoms with E-state index in [1.807, 2.05) is 46.2 Å². The number of hydrogen-bond donors (Lipinski definition) is 0. The molecule has 2 aromatic rings. The molecule has 50 heavy (non-hydrogen) atoms. The molecule has 0 bridgehead atoms. The minimum Gasteiger partial charge on any atom is -0.337 e. The molecule has 0 unspecified atom stereocenters. The highest BCUT2D eigenvalue weighted by molar-refractivity contribution is 5.94. The zero-order valence-electron chi connectivity index (χ0n) is 32.9. The Morgan fingerprint density at radius 1 is 0.400 bits per heavy atom. The van der Waals surface area contributed by atoms with Gasteiger partial charge >= 0.3 is 0 Å². The molecule has 2 heterocycles. The van der Waals surface area contributed by atoms with Crippen molar-refractivity contribution in [1.82, 2.24) is 19.8 Å². The minimum atomic E-state index is 0.00486. The third-order valence-corrected chi connectivity index (χ3v) is 9.90. The molecule has 0 spiro atoms. The summed E-state index contributed by atoms with van der Waals surface area (Å²) < 4.78 is 0. The highest BCUT2D eigenvalue weighted by atomic mass is 16.2. The van der Waals surface area contributed by atoms with E-state index < -0.39 is 0 Å². The monoisotopic (exact) mass is 691 g/mol. The maximum absolute atomic E-state index is 13.9. The number of carbonyl (C=O) groups excluding carboxylic acids is 2. The molecule has 0 aromatic carbocycles. The van der Waals surface area contributed by atoms with Crippen LogP contribution in [0.15, 0.2) is 36.4 Å². The SMILES string of the molecule is CCCCCCCCN(CCCCCCCC)C(=O)c1cccc(-c2cccc(C(=O)N(CCCCCCCC)CCCCCCCC)n2)n1. The fourth-order valence-corrected chi connectivity index (χ4v) is 6.68. The molecule has 0 aliphatic heterocycles. The van der Waals surface area contributed by atoms with E-state index in [0.29, 0.717) is 22.8 Å². The quantitative estimate of drug-likeness (QED) is 0.0739. The third kappa shape index (κ3) is 18.5. The second-order valence-corrected chi connectivity index (χ2v) is 14.5. The van der Waals surface area contributed by atoms with Gasteiger partial charge in [-0.05, 0) is 49.9 Å². The molecular formula is C44H74N4O2. The van der Waals surface area contributed by atoms with Gasteiger partial charge in [-0.15, -0.1) is 0 Å². The van der Waals surface area contributed by atoms with Crippen molar-refractivity contribution >= 4 is 11.8 Å². The normalized spacial score (nSPS) is 11.2. The summed E-state index contributed by atoms with van der Waals surface area (Å²) in [6, 6.07) is 11.3. The molecule has 0 radical (unpaired) electrons. The number of hydrogen-bond acceptors (Lipinski definition) is 4. The molecule has 6 nitrogen and oxygen atoms in total. The van der Waals surface area contributed by atoms with Crippen LogP contribution in [0.3, 0.4) is 0 Å². The molecule has 6 heteroatoms. The summed E-state index contributed by atoms with van der Waals surface area (Å²) in [6.45, 7) is 12.1. The average Bonchev–Trinajstić information content (AvgIpc) is 3.15. The zero-order chi connectivity index (χ0) is 36.1. The first-order valence-corrected chi connectivity index (χ1v) is 21.1. The Kier molecular flexibility index (Phi) is 25.1. The van der Waals surface area contributed by atoms with Crippen LogP contribution in [-0.4, -0.2) is 57.8 Å². The van der Waals surface area contributed by atoms with Crippen molar-refractivity contribution < 1.29 is 9.59 Å². The molecule has 0 atom stereocenters. The highest BCUT2D eigenvalue weighted by Gasteiger charge is 2.20. The maximum atomic E-state index is 13.9. The Labute approximate surface area is 307 Å². The van der Waals surface area contributed by atoms with E-state index in [0.717, 1.165) is 77.5 Å². The van der Waals surface area contributed by atoms with Gasteiger partial charge in [0.1, 0.15) is 11.4 Å². The summed E-state index contributed by atoms with van der Waals surface area (Å²) in [5, 5.41) is 0. The van der Waals surface area contributed by atoms with Gasteiger partial charge in [0.25, 0.3) is 11.8 Å². The highest BCUT2D eigenvalue weighted by Crippen LogP contribution is 2.19. The summed E-state index contributed by atoms with van der Waals surface area (Å²) in [6.07, 6.45) is 28.9. The van der Waals surface area contributed by atoms with Crippen molar-refractivity contribution in [3.63, 3.8) is 0 Å². The van der Waals surface area contributed by atoms with E-state index in [1.54, 1.807) is 0 Å². The zero-order valence-corrected chi connectivity index (χ0v) is 32.9. The first-order chi connectivity index (χ1) is 24.5. The fourth-order valence-electron chi connectivity index (χ4n) is 6.68. The summed E-state index contributed by atoms with van der Waals surface area (Å²) in [4.78, 5) is 41.5. The lowest BCUT2D eigenvalue weighted by atomic mass is 10.1. The Morgan fingerprint density at radius 3 is 0.940 bits per heavy atom. The lowest BCUT2D eigenvalue weighted by Crippen LogP contribution is -2.34. The average molecular weight is 691 g/mol. The van der Waals surface area contributed by atoms with Crippen LogP contribution in [0.5, 0.6) is 0 Å². The van der Waals surface area contributed by atoms with Crippen molar-refractivity contribution in [1.29, 1.82) is 0 Å². The maximum Gasteiger partial charge on any atom is 0.272 e. The van der Waals surface area contributed by atoms with Crippen LogP contribution < -0.4 is 0 Å². The van der Waals surface area contributed by atoms with Crippen LogP contribution in [0.25, 0.3) is 11.4 Å². The standard InChI is InChI=1S/C44H74N4O2/c1-5-9-13-17-21-25-35-47(36-26-22-18-14-10-6-2)43(49)41-33-29-31-39(45-41)40-32-30-34-42(46-40)44(50)48(37-27-23-19-15-11-7-3)38-28-24-20-16-12-8-4/h29-34H,5-28,35-38H2,1-4H3. The van der Waals surface area contributed by atoms with Crippen LogP contribution in [0.1, 0.15) is 203 Å². The van der Waals surface area contributed by atoms with E-state index >= 15 is 0 Å². The number of nitrogens with zero attached hydrogens (tertiary/aromatic N) is 4. The molecule has 2 amide bonds. The van der Waals surface area contributed by atoms with Gasteiger partial charge in [0.05, 0.1) is 11.4 Å². The molecule has 0 aliphatic rings. The molecule has 282 valence electrons. The molecule has 0 N–H and O–H groups in total. The summed E-state index contributed by atoms with van der Waals surface area (Å²) in [5.74, 6) is 0.00971. The van der Waals surface area contributed by atoms with Crippen molar-refractivity contribution in [2.45, 2.75) is 182 Å². The van der Waals surface area contributed by atoms with Crippen LogP contribution in [0.4, 0.5) is 0 Å². The molecule has 0 aliphatic carbocycles. The number of pyridine rings is 2. The number of carbonyl (C=O) groups is 2. The summed E-state index contributed by atoms with van der Waals surface area (Å²) in [5.41, 5.74) is 2.21. The largest absolute Gasteiger partial charge is 0.337 e. The molecule has 2 rings (SSSR count). The molecule has 0 saturated carbocycles. The minimum absolute atomic E-state index is 0.00486. The predicted octanol–water partition coefficient (Wildman–Crippen LogP) is 12.5. The first-order valence-electron chi connectivity index (χ1n) is 21.1. The van der Waals surface area contributed by atoms with E-state index in [2.05, 4.69) is 27.7 Å². The van der Waals surface area contributed by atoms with E-state index in [9.17, 15) is 9.59 Å². The number of amides is 2. The van der Waals surface area contributed by atoms with Gasteiger partial charge in [-0.1, -0.05) is 168 Å². The summed E-state index contributed by atoms with van der Waals surface area (Å²) in [7, 11) is 0.